The molecular weight excluding hydrogens is 521 g/mol. The zero-order chi connectivity index (χ0) is 26.6. The first kappa shape index (κ1) is 26.6. The van der Waals surface area contributed by atoms with Crippen molar-refractivity contribution < 1.29 is 28.5 Å². The molecule has 4 rings (SSSR count). The van der Waals surface area contributed by atoms with Crippen LogP contribution in [-0.2, 0) is 25.2 Å². The van der Waals surface area contributed by atoms with Crippen molar-refractivity contribution in [2.24, 2.45) is 10.7 Å². The van der Waals surface area contributed by atoms with Gasteiger partial charge in [0.25, 0.3) is 5.56 Å². The van der Waals surface area contributed by atoms with E-state index in [0.717, 1.165) is 6.26 Å². The molecule has 14 heteroatoms. The lowest BCUT2D eigenvalue weighted by molar-refractivity contribution is 0.105. The van der Waals surface area contributed by atoms with Crippen LogP contribution >= 0.6 is 18.9 Å². The molecule has 0 spiro atoms. The maximum atomic E-state index is 13.8. The van der Waals surface area contributed by atoms with Gasteiger partial charge in [0.1, 0.15) is 29.5 Å². The summed E-state index contributed by atoms with van der Waals surface area (Å²) >= 11 is 1.42. The van der Waals surface area contributed by atoms with E-state index in [-0.39, 0.29) is 40.8 Å². The fraction of sp³-hybridized carbons (Fsp3) is 0.261. The monoisotopic (exact) mass is 547 g/mol. The molecule has 2 unspecified atom stereocenters. The Morgan fingerprint density at radius 2 is 2.11 bits per heavy atom. The Morgan fingerprint density at radius 1 is 1.30 bits per heavy atom. The number of fused-ring (bicyclic) bond motifs is 1. The molecule has 37 heavy (non-hydrogen) atoms. The zero-order valence-electron chi connectivity index (χ0n) is 20.3. The zero-order valence-corrected chi connectivity index (χ0v) is 22.0. The van der Waals surface area contributed by atoms with E-state index in [1.165, 1.54) is 35.5 Å². The summed E-state index contributed by atoms with van der Waals surface area (Å²) in [6.07, 6.45) is 2.71. The summed E-state index contributed by atoms with van der Waals surface area (Å²) in [5.41, 5.74) is 0.409. The van der Waals surface area contributed by atoms with Crippen molar-refractivity contribution in [3.05, 3.63) is 63.5 Å². The van der Waals surface area contributed by atoms with E-state index in [1.54, 1.807) is 30.7 Å². The number of amidine groups is 1. The minimum atomic E-state index is -3.87. The Balaban J connectivity index is 1.84. The highest BCUT2D eigenvalue weighted by Crippen LogP contribution is 2.52. The molecular formula is C23H26N5O7PS. The van der Waals surface area contributed by atoms with E-state index in [2.05, 4.69) is 20.0 Å². The second-order valence-corrected chi connectivity index (χ2v) is 10.8. The first-order valence-corrected chi connectivity index (χ1v) is 13.6. The number of anilines is 1. The minimum Gasteiger partial charge on any atom is -0.505 e. The standard InChI is InChI=1S/C23H26N5O7PS/c1-14(32-2)6-8-28-23(30)19(21(29)20(26-28)15-7-11-37-13-15)22-25-17-5-4-16(34-9-10-35-24)12-18(17)36(31,27-22)33-3/h4-5,7,9-14,29H,6,8,24H2,1-3H3,(H,25,27,31). The first-order valence-electron chi connectivity index (χ1n) is 11.1. The molecule has 0 saturated carbocycles. The molecule has 0 fully saturated rings. The van der Waals surface area contributed by atoms with Crippen LogP contribution in [0.5, 0.6) is 11.5 Å². The molecule has 196 valence electrons. The first-order chi connectivity index (χ1) is 17.8. The van der Waals surface area contributed by atoms with Crippen LogP contribution in [0.25, 0.3) is 11.3 Å². The van der Waals surface area contributed by atoms with Crippen molar-refractivity contribution in [1.29, 1.82) is 0 Å². The number of nitrogens with two attached hydrogens (primary N) is 1. The Labute approximate surface area is 216 Å². The van der Waals surface area contributed by atoms with Gasteiger partial charge in [0, 0.05) is 31.7 Å². The summed E-state index contributed by atoms with van der Waals surface area (Å²) in [7, 11) is -1.04. The molecule has 1 aromatic carbocycles. The molecule has 2 atom stereocenters. The lowest BCUT2D eigenvalue weighted by atomic mass is 10.1. The molecule has 3 heterocycles. The van der Waals surface area contributed by atoms with Gasteiger partial charge in [-0.05, 0) is 43.0 Å². The summed E-state index contributed by atoms with van der Waals surface area (Å²) in [5, 5.41) is 22.5. The van der Waals surface area contributed by atoms with Crippen LogP contribution in [-0.4, -0.2) is 41.0 Å². The normalized spacial score (nSPS) is 17.7. The summed E-state index contributed by atoms with van der Waals surface area (Å²) in [6.45, 7) is 2.10. The average molecular weight is 548 g/mol. The third kappa shape index (κ3) is 5.45. The van der Waals surface area contributed by atoms with Crippen molar-refractivity contribution >= 4 is 35.7 Å². The van der Waals surface area contributed by atoms with Crippen molar-refractivity contribution in [1.82, 2.24) is 9.78 Å². The van der Waals surface area contributed by atoms with E-state index in [4.69, 9.17) is 19.9 Å². The molecule has 4 N–H and O–H groups in total. The van der Waals surface area contributed by atoms with Gasteiger partial charge in [0.05, 0.1) is 17.1 Å². The van der Waals surface area contributed by atoms with Crippen molar-refractivity contribution in [2.45, 2.75) is 26.0 Å². The molecule has 0 amide bonds. The van der Waals surface area contributed by atoms with Crippen molar-refractivity contribution in [2.75, 3.05) is 19.5 Å². The smallest absolute Gasteiger partial charge is 0.348 e. The van der Waals surface area contributed by atoms with E-state index in [9.17, 15) is 14.5 Å². The van der Waals surface area contributed by atoms with Crippen LogP contribution in [0.15, 0.2) is 57.1 Å². The second-order valence-electron chi connectivity index (χ2n) is 7.93. The number of methoxy groups -OCH3 is 1. The summed E-state index contributed by atoms with van der Waals surface area (Å²) in [5.74, 6) is 4.78. The second kappa shape index (κ2) is 11.3. The van der Waals surface area contributed by atoms with Crippen LogP contribution in [0.1, 0.15) is 18.9 Å². The Morgan fingerprint density at radius 3 is 2.78 bits per heavy atom. The van der Waals surface area contributed by atoms with Gasteiger partial charge in [0.15, 0.2) is 11.6 Å². The van der Waals surface area contributed by atoms with Gasteiger partial charge in [-0.1, -0.05) is 0 Å². The number of thiophene rings is 1. The number of aryl methyl sites for hydroxylation is 1. The van der Waals surface area contributed by atoms with E-state index >= 15 is 0 Å². The Bertz CT molecular complexity index is 1440. The summed E-state index contributed by atoms with van der Waals surface area (Å²) < 4.78 is 35.3. The number of rotatable bonds is 10. The minimum absolute atomic E-state index is 0.0994. The number of ether oxygens (including phenoxy) is 2. The predicted octanol–water partition coefficient (Wildman–Crippen LogP) is 3.18. The van der Waals surface area contributed by atoms with Crippen LogP contribution in [0.4, 0.5) is 5.69 Å². The summed E-state index contributed by atoms with van der Waals surface area (Å²) in [4.78, 5) is 17.8. The average Bonchev–Trinajstić information content (AvgIpc) is 3.43. The fourth-order valence-electron chi connectivity index (χ4n) is 3.60. The molecule has 1 aliphatic heterocycles. The lowest BCUT2D eigenvalue weighted by Crippen LogP contribution is -2.35. The third-order valence-corrected chi connectivity index (χ3v) is 8.28. The topological polar surface area (TPSA) is 160 Å². The number of benzene rings is 1. The maximum absolute atomic E-state index is 13.8. The molecule has 12 nitrogen and oxygen atoms in total. The highest BCUT2D eigenvalue weighted by Gasteiger charge is 2.36. The molecule has 1 aliphatic rings. The Hall–Kier alpha value is -3.48. The highest BCUT2D eigenvalue weighted by atomic mass is 32.1. The molecule has 0 aliphatic carbocycles. The fourth-order valence-corrected chi connectivity index (χ4v) is 5.76. The van der Waals surface area contributed by atoms with E-state index < -0.39 is 13.1 Å². The van der Waals surface area contributed by atoms with Gasteiger partial charge in [-0.25, -0.2) is 4.68 Å². The third-order valence-electron chi connectivity index (χ3n) is 5.66. The van der Waals surface area contributed by atoms with Gasteiger partial charge in [-0.2, -0.15) is 27.1 Å². The molecule has 3 aromatic rings. The van der Waals surface area contributed by atoms with Gasteiger partial charge in [-0.3, -0.25) is 9.36 Å². The van der Waals surface area contributed by atoms with Gasteiger partial charge >= 0.3 is 7.52 Å². The van der Waals surface area contributed by atoms with Crippen LogP contribution in [0.2, 0.25) is 0 Å². The number of nitrogens with one attached hydrogen (secondary N) is 1. The molecule has 0 radical (unpaired) electrons. The quantitative estimate of drug-likeness (QED) is 0.195. The molecule has 2 aromatic heterocycles. The Kier molecular flexibility index (Phi) is 8.10. The van der Waals surface area contributed by atoms with Crippen molar-refractivity contribution in [3.63, 3.8) is 0 Å². The highest BCUT2D eigenvalue weighted by molar-refractivity contribution is 7.66. The number of aromatic nitrogens is 2. The SMILES string of the molecule is COC(C)CCn1nc(-c2ccsc2)c(O)c(C2=NP(=O)(OC)c3cc(OC=CON)ccc3N2)c1=O. The summed E-state index contributed by atoms with van der Waals surface area (Å²) in [6, 6.07) is 6.46. The lowest BCUT2D eigenvalue weighted by Gasteiger charge is -2.25. The molecule has 0 saturated heterocycles. The predicted molar refractivity (Wildman–Crippen MR) is 140 cm³/mol. The number of nitrogens with zero attached hydrogens (tertiary/aromatic N) is 3. The van der Waals surface area contributed by atoms with Crippen LogP contribution in [0, 0.1) is 0 Å². The molecule has 0 bridgehead atoms. The number of aromatic hydroxyl groups is 1. The van der Waals surface area contributed by atoms with Crippen LogP contribution < -0.4 is 26.8 Å². The maximum Gasteiger partial charge on any atom is 0.348 e. The van der Waals surface area contributed by atoms with Gasteiger partial charge in [0.2, 0.25) is 0 Å². The van der Waals surface area contributed by atoms with Gasteiger partial charge in [-0.15, -0.1) is 0 Å². The van der Waals surface area contributed by atoms with E-state index in [0.29, 0.717) is 23.4 Å². The van der Waals surface area contributed by atoms with Crippen LogP contribution in [0.3, 0.4) is 0 Å². The number of hydrogen-bond acceptors (Lipinski definition) is 11. The van der Waals surface area contributed by atoms with E-state index in [1.807, 2.05) is 12.3 Å². The van der Waals surface area contributed by atoms with Crippen molar-refractivity contribution in [3.8, 4) is 22.8 Å². The largest absolute Gasteiger partial charge is 0.505 e. The van der Waals surface area contributed by atoms with Gasteiger partial charge < -0.3 is 29.3 Å². The number of hydrogen-bond donors (Lipinski definition) is 3.